The van der Waals surface area contributed by atoms with Crippen molar-refractivity contribution in [2.75, 3.05) is 11.9 Å². The molecule has 0 atom stereocenters. The number of carbonyl (C=O) groups excluding carboxylic acids is 1. The number of aryl methyl sites for hydroxylation is 1. The van der Waals surface area contributed by atoms with Crippen LogP contribution in [0.4, 0.5) is 5.69 Å². The van der Waals surface area contributed by atoms with Crippen molar-refractivity contribution < 1.29 is 9.53 Å². The second-order valence-corrected chi connectivity index (χ2v) is 6.95. The van der Waals surface area contributed by atoms with Crippen molar-refractivity contribution in [1.29, 1.82) is 0 Å². The van der Waals surface area contributed by atoms with Gasteiger partial charge in [0.05, 0.1) is 0 Å². The van der Waals surface area contributed by atoms with E-state index in [2.05, 4.69) is 10.6 Å². The van der Waals surface area contributed by atoms with Gasteiger partial charge in [-0.15, -0.1) is 0 Å². The summed E-state index contributed by atoms with van der Waals surface area (Å²) < 4.78 is 5.56. The zero-order valence-electron chi connectivity index (χ0n) is 15.7. The number of amides is 1. The summed E-state index contributed by atoms with van der Waals surface area (Å²) in [6, 6.07) is 23.1. The molecular formula is C23H23ClN2O2. The molecule has 0 unspecified atom stereocenters. The van der Waals surface area contributed by atoms with Gasteiger partial charge in [0.25, 0.3) is 5.91 Å². The monoisotopic (exact) mass is 394 g/mol. The summed E-state index contributed by atoms with van der Waals surface area (Å²) in [7, 11) is 0. The van der Waals surface area contributed by atoms with Crippen molar-refractivity contribution in [1.82, 2.24) is 5.32 Å². The molecule has 5 heteroatoms. The predicted octanol–water partition coefficient (Wildman–Crippen LogP) is 4.96. The molecule has 0 saturated carbocycles. The fourth-order valence-corrected chi connectivity index (χ4v) is 2.87. The minimum absolute atomic E-state index is 0.0298. The van der Waals surface area contributed by atoms with E-state index in [-0.39, 0.29) is 12.5 Å². The SMILES string of the molecule is Cc1ccc(NC(=O)COc2ccc(CNCc3ccccc3Cl)cc2)cc1. The average molecular weight is 395 g/mol. The molecule has 0 bridgehead atoms. The van der Waals surface area contributed by atoms with Gasteiger partial charge in [0, 0.05) is 23.8 Å². The first kappa shape index (κ1) is 19.9. The molecule has 0 saturated heterocycles. The standard InChI is InChI=1S/C23H23ClN2O2/c1-17-6-10-20(11-7-17)26-23(27)16-28-21-12-8-18(9-13-21)14-25-15-19-4-2-3-5-22(19)24/h2-13,25H,14-16H2,1H3,(H,26,27). The van der Waals surface area contributed by atoms with Crippen LogP contribution in [0.1, 0.15) is 16.7 Å². The predicted molar refractivity (Wildman–Crippen MR) is 114 cm³/mol. The Morgan fingerprint density at radius 2 is 1.64 bits per heavy atom. The Labute approximate surface area is 170 Å². The highest BCUT2D eigenvalue weighted by Gasteiger charge is 2.04. The highest BCUT2D eigenvalue weighted by atomic mass is 35.5. The van der Waals surface area contributed by atoms with Crippen LogP contribution in [0.2, 0.25) is 5.02 Å². The van der Waals surface area contributed by atoms with Crippen LogP contribution in [0.25, 0.3) is 0 Å². The topological polar surface area (TPSA) is 50.4 Å². The maximum Gasteiger partial charge on any atom is 0.262 e. The van der Waals surface area contributed by atoms with Gasteiger partial charge in [-0.25, -0.2) is 0 Å². The van der Waals surface area contributed by atoms with Crippen molar-refractivity contribution >= 4 is 23.2 Å². The molecule has 4 nitrogen and oxygen atoms in total. The third-order valence-corrected chi connectivity index (χ3v) is 4.60. The lowest BCUT2D eigenvalue weighted by Crippen LogP contribution is -2.20. The Kier molecular flexibility index (Phi) is 7.06. The first-order chi connectivity index (χ1) is 13.6. The highest BCUT2D eigenvalue weighted by molar-refractivity contribution is 6.31. The number of rotatable bonds is 8. The molecule has 0 spiro atoms. The number of ether oxygens (including phenoxy) is 1. The van der Waals surface area contributed by atoms with E-state index in [0.29, 0.717) is 12.3 Å². The summed E-state index contributed by atoms with van der Waals surface area (Å²) in [5, 5.41) is 6.95. The normalized spacial score (nSPS) is 10.5. The van der Waals surface area contributed by atoms with Gasteiger partial charge in [-0.2, -0.15) is 0 Å². The number of hydrogen-bond acceptors (Lipinski definition) is 3. The van der Waals surface area contributed by atoms with E-state index in [9.17, 15) is 4.79 Å². The fraction of sp³-hybridized carbons (Fsp3) is 0.174. The Morgan fingerprint density at radius 1 is 0.929 bits per heavy atom. The van der Waals surface area contributed by atoms with Gasteiger partial charge in [-0.05, 0) is 48.4 Å². The maximum atomic E-state index is 12.0. The van der Waals surface area contributed by atoms with E-state index >= 15 is 0 Å². The lowest BCUT2D eigenvalue weighted by Gasteiger charge is -2.09. The summed E-state index contributed by atoms with van der Waals surface area (Å²) >= 11 is 6.16. The van der Waals surface area contributed by atoms with E-state index in [0.717, 1.165) is 33.9 Å². The van der Waals surface area contributed by atoms with Crippen LogP contribution in [0.5, 0.6) is 5.75 Å². The van der Waals surface area contributed by atoms with Gasteiger partial charge < -0.3 is 15.4 Å². The number of anilines is 1. The van der Waals surface area contributed by atoms with Crippen LogP contribution in [-0.4, -0.2) is 12.5 Å². The van der Waals surface area contributed by atoms with E-state index in [1.807, 2.05) is 79.7 Å². The van der Waals surface area contributed by atoms with Crippen LogP contribution in [0.3, 0.4) is 0 Å². The highest BCUT2D eigenvalue weighted by Crippen LogP contribution is 2.16. The second kappa shape index (κ2) is 9.93. The summed E-state index contributed by atoms with van der Waals surface area (Å²) in [5.41, 5.74) is 4.11. The molecule has 144 valence electrons. The summed E-state index contributed by atoms with van der Waals surface area (Å²) in [4.78, 5) is 12.0. The van der Waals surface area contributed by atoms with Crippen molar-refractivity contribution in [3.05, 3.63) is 94.5 Å². The smallest absolute Gasteiger partial charge is 0.262 e. The third-order valence-electron chi connectivity index (χ3n) is 4.23. The minimum atomic E-state index is -0.186. The molecule has 0 aromatic heterocycles. The molecule has 0 aliphatic carbocycles. The maximum absolute atomic E-state index is 12.0. The van der Waals surface area contributed by atoms with E-state index in [4.69, 9.17) is 16.3 Å². The van der Waals surface area contributed by atoms with Crippen LogP contribution in [0.15, 0.2) is 72.8 Å². The molecule has 2 N–H and O–H groups in total. The van der Waals surface area contributed by atoms with Crippen molar-refractivity contribution in [3.63, 3.8) is 0 Å². The van der Waals surface area contributed by atoms with Crippen LogP contribution in [-0.2, 0) is 17.9 Å². The molecule has 3 aromatic carbocycles. The van der Waals surface area contributed by atoms with Gasteiger partial charge in [0.15, 0.2) is 6.61 Å². The Balaban J connectivity index is 1.42. The zero-order valence-corrected chi connectivity index (χ0v) is 16.5. The van der Waals surface area contributed by atoms with Gasteiger partial charge in [0.2, 0.25) is 0 Å². The van der Waals surface area contributed by atoms with Crippen molar-refractivity contribution in [2.24, 2.45) is 0 Å². The molecule has 3 rings (SSSR count). The second-order valence-electron chi connectivity index (χ2n) is 6.54. The molecule has 0 aliphatic rings. The molecule has 0 radical (unpaired) electrons. The number of hydrogen-bond donors (Lipinski definition) is 2. The Morgan fingerprint density at radius 3 is 2.36 bits per heavy atom. The van der Waals surface area contributed by atoms with Crippen LogP contribution < -0.4 is 15.4 Å². The number of halogens is 1. The molecule has 3 aromatic rings. The lowest BCUT2D eigenvalue weighted by atomic mass is 10.2. The van der Waals surface area contributed by atoms with Gasteiger partial charge in [-0.1, -0.05) is 59.6 Å². The summed E-state index contributed by atoms with van der Waals surface area (Å²) in [6.07, 6.45) is 0. The fourth-order valence-electron chi connectivity index (χ4n) is 2.67. The molecule has 1 amide bonds. The average Bonchev–Trinajstić information content (AvgIpc) is 2.71. The zero-order chi connectivity index (χ0) is 19.8. The Bertz CT molecular complexity index is 909. The molecule has 0 aliphatic heterocycles. The van der Waals surface area contributed by atoms with Crippen molar-refractivity contribution in [3.8, 4) is 5.75 Å². The molecule has 0 heterocycles. The van der Waals surface area contributed by atoms with Gasteiger partial charge >= 0.3 is 0 Å². The quantitative estimate of drug-likeness (QED) is 0.568. The number of nitrogens with one attached hydrogen (secondary N) is 2. The number of benzene rings is 3. The molecule has 0 fully saturated rings. The first-order valence-corrected chi connectivity index (χ1v) is 9.50. The minimum Gasteiger partial charge on any atom is -0.484 e. The summed E-state index contributed by atoms with van der Waals surface area (Å²) in [6.45, 7) is 3.40. The third kappa shape index (κ3) is 6.12. The lowest BCUT2D eigenvalue weighted by molar-refractivity contribution is -0.118. The van der Waals surface area contributed by atoms with E-state index in [1.165, 1.54) is 0 Å². The molecular weight excluding hydrogens is 372 g/mol. The summed E-state index contributed by atoms with van der Waals surface area (Å²) in [5.74, 6) is 0.475. The van der Waals surface area contributed by atoms with Gasteiger partial charge in [-0.3, -0.25) is 4.79 Å². The number of carbonyl (C=O) groups is 1. The van der Waals surface area contributed by atoms with Gasteiger partial charge in [0.1, 0.15) is 5.75 Å². The van der Waals surface area contributed by atoms with Crippen LogP contribution >= 0.6 is 11.6 Å². The molecule has 28 heavy (non-hydrogen) atoms. The van der Waals surface area contributed by atoms with E-state index < -0.39 is 0 Å². The largest absolute Gasteiger partial charge is 0.484 e. The first-order valence-electron chi connectivity index (χ1n) is 9.12. The van der Waals surface area contributed by atoms with Crippen LogP contribution in [0, 0.1) is 6.92 Å². The van der Waals surface area contributed by atoms with Crippen molar-refractivity contribution in [2.45, 2.75) is 20.0 Å². The Hall–Kier alpha value is -2.82. The van der Waals surface area contributed by atoms with E-state index in [1.54, 1.807) is 0 Å².